The number of rotatable bonds is 5. The summed E-state index contributed by atoms with van der Waals surface area (Å²) in [5.74, 6) is -0.640. The van der Waals surface area contributed by atoms with Crippen LogP contribution in [0.2, 0.25) is 0 Å². The summed E-state index contributed by atoms with van der Waals surface area (Å²) >= 11 is 0. The van der Waals surface area contributed by atoms with Gasteiger partial charge in [0.15, 0.2) is 0 Å². The largest absolute Gasteiger partial charge is 0.386 e. The Morgan fingerprint density at radius 2 is 2.08 bits per heavy atom. The van der Waals surface area contributed by atoms with Crippen LogP contribution in [-0.4, -0.2) is 45.0 Å². The Labute approximate surface area is 155 Å². The minimum atomic E-state index is -0.280. The van der Waals surface area contributed by atoms with Gasteiger partial charge in [0.2, 0.25) is 11.8 Å². The fourth-order valence-electron chi connectivity index (χ4n) is 3.86. The third-order valence-electron chi connectivity index (χ3n) is 5.10. The number of nitrogens with one attached hydrogen (secondary N) is 3. The molecular formula is C20H28N4O2. The SMILES string of the molecule is CC/C=C(/c1cccc(N2CCNCC2)c1NC)C1CCC(=O)NC1=O. The Kier molecular flexibility index (Phi) is 5.93. The lowest BCUT2D eigenvalue weighted by molar-refractivity contribution is -0.134. The number of piperidine rings is 1. The van der Waals surface area contributed by atoms with E-state index in [1.54, 1.807) is 0 Å². The smallest absolute Gasteiger partial charge is 0.234 e. The van der Waals surface area contributed by atoms with Gasteiger partial charge in [0.25, 0.3) is 0 Å². The molecular weight excluding hydrogens is 328 g/mol. The third-order valence-corrected chi connectivity index (χ3v) is 5.10. The van der Waals surface area contributed by atoms with Gasteiger partial charge in [-0.25, -0.2) is 0 Å². The second kappa shape index (κ2) is 8.36. The molecule has 140 valence electrons. The van der Waals surface area contributed by atoms with E-state index in [0.29, 0.717) is 12.8 Å². The molecule has 1 atom stereocenters. The van der Waals surface area contributed by atoms with Gasteiger partial charge in [-0.05, 0) is 24.5 Å². The molecule has 3 rings (SSSR count). The predicted octanol–water partition coefficient (Wildman–Crippen LogP) is 1.98. The zero-order valence-electron chi connectivity index (χ0n) is 15.6. The molecule has 1 aromatic carbocycles. The van der Waals surface area contributed by atoms with Crippen LogP contribution in [0.4, 0.5) is 11.4 Å². The summed E-state index contributed by atoms with van der Waals surface area (Å²) in [7, 11) is 1.93. The minimum Gasteiger partial charge on any atom is -0.386 e. The van der Waals surface area contributed by atoms with E-state index in [0.717, 1.165) is 49.4 Å². The maximum atomic E-state index is 12.5. The van der Waals surface area contributed by atoms with Gasteiger partial charge in [-0.2, -0.15) is 0 Å². The molecule has 2 aliphatic rings. The van der Waals surface area contributed by atoms with Crippen LogP contribution in [0.3, 0.4) is 0 Å². The normalized spacial score (nSPS) is 21.5. The van der Waals surface area contributed by atoms with Crippen molar-refractivity contribution in [3.05, 3.63) is 29.8 Å². The van der Waals surface area contributed by atoms with Gasteiger partial charge in [-0.1, -0.05) is 25.1 Å². The van der Waals surface area contributed by atoms with Crippen molar-refractivity contribution in [3.8, 4) is 0 Å². The highest BCUT2D eigenvalue weighted by Gasteiger charge is 2.31. The molecule has 1 unspecified atom stereocenters. The Morgan fingerprint density at radius 1 is 1.31 bits per heavy atom. The summed E-state index contributed by atoms with van der Waals surface area (Å²) in [6.45, 7) is 5.94. The highest BCUT2D eigenvalue weighted by Crippen LogP contribution is 2.39. The standard InChI is InChI=1S/C20H28N4O2/c1-3-5-14(16-8-9-18(25)23-20(16)26)15-6-4-7-17(19(15)21-2)24-12-10-22-11-13-24/h4-7,16,21-22H,3,8-13H2,1-2H3,(H,23,25,26)/b14-5-. The number of nitrogens with zero attached hydrogens (tertiary/aromatic N) is 1. The number of carbonyl (C=O) groups is 2. The van der Waals surface area contributed by atoms with Gasteiger partial charge < -0.3 is 15.5 Å². The highest BCUT2D eigenvalue weighted by atomic mass is 16.2. The van der Waals surface area contributed by atoms with E-state index in [9.17, 15) is 9.59 Å². The van der Waals surface area contributed by atoms with Crippen molar-refractivity contribution in [2.75, 3.05) is 43.4 Å². The van der Waals surface area contributed by atoms with Crippen LogP contribution in [0, 0.1) is 5.92 Å². The van der Waals surface area contributed by atoms with Crippen molar-refractivity contribution < 1.29 is 9.59 Å². The van der Waals surface area contributed by atoms with Gasteiger partial charge in [-0.3, -0.25) is 14.9 Å². The van der Waals surface area contributed by atoms with Gasteiger partial charge in [0.05, 0.1) is 17.3 Å². The maximum absolute atomic E-state index is 12.5. The minimum absolute atomic E-state index is 0.175. The first kappa shape index (κ1) is 18.5. The Morgan fingerprint density at radius 3 is 2.73 bits per heavy atom. The first-order valence-corrected chi connectivity index (χ1v) is 9.46. The molecule has 2 aliphatic heterocycles. The molecule has 0 aromatic heterocycles. The van der Waals surface area contributed by atoms with E-state index >= 15 is 0 Å². The third kappa shape index (κ3) is 3.75. The molecule has 6 heteroatoms. The predicted molar refractivity (Wildman–Crippen MR) is 105 cm³/mol. The highest BCUT2D eigenvalue weighted by molar-refractivity contribution is 6.05. The van der Waals surface area contributed by atoms with E-state index in [1.165, 1.54) is 5.69 Å². The summed E-state index contributed by atoms with van der Waals surface area (Å²) in [5.41, 5.74) is 4.29. The average molecular weight is 356 g/mol. The second-order valence-corrected chi connectivity index (χ2v) is 6.76. The number of anilines is 2. The molecule has 1 aromatic rings. The maximum Gasteiger partial charge on any atom is 0.234 e. The fraction of sp³-hybridized carbons (Fsp3) is 0.500. The molecule has 0 spiro atoms. The Balaban J connectivity index is 2.00. The number of piperazine rings is 1. The van der Waals surface area contributed by atoms with E-state index in [1.807, 2.05) is 7.05 Å². The number of allylic oxidation sites excluding steroid dienone is 1. The molecule has 0 bridgehead atoms. The van der Waals surface area contributed by atoms with Crippen molar-refractivity contribution in [1.29, 1.82) is 0 Å². The molecule has 2 saturated heterocycles. The van der Waals surface area contributed by atoms with Crippen molar-refractivity contribution in [3.63, 3.8) is 0 Å². The first-order chi connectivity index (χ1) is 12.7. The second-order valence-electron chi connectivity index (χ2n) is 6.76. The van der Waals surface area contributed by atoms with Crippen LogP contribution in [-0.2, 0) is 9.59 Å². The Hall–Kier alpha value is -2.34. The van der Waals surface area contributed by atoms with Gasteiger partial charge in [0.1, 0.15) is 0 Å². The summed E-state index contributed by atoms with van der Waals surface area (Å²) in [4.78, 5) is 26.4. The molecule has 2 fully saturated rings. The molecule has 0 saturated carbocycles. The number of carbonyl (C=O) groups excluding carboxylic acids is 2. The van der Waals surface area contributed by atoms with Crippen LogP contribution >= 0.6 is 0 Å². The van der Waals surface area contributed by atoms with Crippen LogP contribution < -0.4 is 20.9 Å². The molecule has 2 heterocycles. The van der Waals surface area contributed by atoms with E-state index < -0.39 is 0 Å². The summed E-state index contributed by atoms with van der Waals surface area (Å²) < 4.78 is 0. The molecule has 0 radical (unpaired) electrons. The zero-order chi connectivity index (χ0) is 18.5. The van der Waals surface area contributed by atoms with Gasteiger partial charge in [-0.15, -0.1) is 0 Å². The lowest BCUT2D eigenvalue weighted by atomic mass is 9.84. The van der Waals surface area contributed by atoms with Crippen molar-refractivity contribution in [1.82, 2.24) is 10.6 Å². The lowest BCUT2D eigenvalue weighted by Gasteiger charge is -2.33. The summed E-state index contributed by atoms with van der Waals surface area (Å²) in [6, 6.07) is 6.26. The molecule has 26 heavy (non-hydrogen) atoms. The van der Waals surface area contributed by atoms with Gasteiger partial charge in [0, 0.05) is 45.2 Å². The number of amides is 2. The van der Waals surface area contributed by atoms with Crippen molar-refractivity contribution >= 4 is 28.8 Å². The topological polar surface area (TPSA) is 73.5 Å². The number of benzene rings is 1. The average Bonchev–Trinajstić information content (AvgIpc) is 2.67. The van der Waals surface area contributed by atoms with Crippen molar-refractivity contribution in [2.24, 2.45) is 5.92 Å². The Bertz CT molecular complexity index is 708. The van der Waals surface area contributed by atoms with Crippen LogP contribution in [0.25, 0.3) is 5.57 Å². The summed E-state index contributed by atoms with van der Waals surface area (Å²) in [5, 5.41) is 9.24. The first-order valence-electron chi connectivity index (χ1n) is 9.46. The van der Waals surface area contributed by atoms with Crippen LogP contribution in [0.5, 0.6) is 0 Å². The molecule has 2 amide bonds. The number of hydrogen-bond donors (Lipinski definition) is 3. The van der Waals surface area contributed by atoms with Crippen molar-refractivity contribution in [2.45, 2.75) is 26.2 Å². The number of para-hydroxylation sites is 1. The van der Waals surface area contributed by atoms with Crippen LogP contribution in [0.15, 0.2) is 24.3 Å². The zero-order valence-corrected chi connectivity index (χ0v) is 15.6. The van der Waals surface area contributed by atoms with Crippen LogP contribution in [0.1, 0.15) is 31.7 Å². The molecule has 0 aliphatic carbocycles. The fourth-order valence-corrected chi connectivity index (χ4v) is 3.86. The number of hydrogen-bond acceptors (Lipinski definition) is 5. The van der Waals surface area contributed by atoms with Gasteiger partial charge >= 0.3 is 0 Å². The summed E-state index contributed by atoms with van der Waals surface area (Å²) in [6.07, 6.45) is 3.92. The number of imide groups is 1. The quantitative estimate of drug-likeness (QED) is 0.704. The van der Waals surface area contributed by atoms with E-state index in [4.69, 9.17) is 0 Å². The lowest BCUT2D eigenvalue weighted by Crippen LogP contribution is -2.44. The van der Waals surface area contributed by atoms with E-state index in [-0.39, 0.29) is 17.7 Å². The monoisotopic (exact) mass is 356 g/mol. The molecule has 3 N–H and O–H groups in total. The van der Waals surface area contributed by atoms with E-state index in [2.05, 4.69) is 52.0 Å². The molecule has 6 nitrogen and oxygen atoms in total.